The molecule has 7 aliphatic heterocycles. The van der Waals surface area contributed by atoms with Gasteiger partial charge in [-0.15, -0.1) is 0 Å². The van der Waals surface area contributed by atoms with Crippen LogP contribution in [0.15, 0.2) is 140 Å². The van der Waals surface area contributed by atoms with Gasteiger partial charge < -0.3 is 85.5 Å². The van der Waals surface area contributed by atoms with Crippen molar-refractivity contribution in [1.82, 2.24) is 109 Å². The highest BCUT2D eigenvalue weighted by atomic mass is 16.2. The molecule has 0 atom stereocenters. The second-order valence-electron chi connectivity index (χ2n) is 37.6. The van der Waals surface area contributed by atoms with E-state index in [0.717, 1.165) is 234 Å². The summed E-state index contributed by atoms with van der Waals surface area (Å²) in [6.07, 6.45) is 20.2. The van der Waals surface area contributed by atoms with Gasteiger partial charge in [0.1, 0.15) is 72.7 Å². The highest BCUT2D eigenvalue weighted by Gasteiger charge is 2.30. The van der Waals surface area contributed by atoms with Gasteiger partial charge in [-0.3, -0.25) is 47.9 Å². The Morgan fingerprint density at radius 1 is 0.333 bits per heavy atom. The summed E-state index contributed by atoms with van der Waals surface area (Å²) in [4.78, 5) is 103. The van der Waals surface area contributed by atoms with E-state index in [1.807, 2.05) is 156 Å². The van der Waals surface area contributed by atoms with Gasteiger partial charge in [-0.25, -0.2) is 39.9 Å². The maximum atomic E-state index is 12.6. The first kappa shape index (κ1) is 92.0. The Hall–Kier alpha value is -16.7. The minimum absolute atomic E-state index is 0.0555. The number of nitrogens with two attached hydrogens (primary N) is 5. The summed E-state index contributed by atoms with van der Waals surface area (Å²) in [7, 11) is 3.64. The number of anilines is 16. The van der Waals surface area contributed by atoms with Crippen molar-refractivity contribution in [2.45, 2.75) is 158 Å². The number of carbonyl (C=O) groups excluding carboxylic acids is 4. The van der Waals surface area contributed by atoms with E-state index in [1.54, 1.807) is 53.3 Å². The van der Waals surface area contributed by atoms with Crippen molar-refractivity contribution < 1.29 is 19.2 Å². The minimum Gasteiger partial charge on any atom is -0.398 e. The molecule has 0 saturated carbocycles. The van der Waals surface area contributed by atoms with Crippen molar-refractivity contribution in [3.8, 4) is 45.0 Å². The molecule has 38 heteroatoms. The van der Waals surface area contributed by atoms with Gasteiger partial charge in [0.05, 0.1) is 45.5 Å². The van der Waals surface area contributed by atoms with Crippen LogP contribution in [0.2, 0.25) is 0 Å². The standard InChI is InChI=1S/C27H31N9O.C26H28N8O.C25H27N9O.C25H28N8O/c1-15(2)35-8-6-18-11-24(34-36(18)14-25(35)37)33-23-10-17-9-22(32-27(28)20(17)13-31-23)19-12-30-21-5-4-7-29-26(21)16(19)3;1-15-19(6-5-16-4-3-8-28-25(15)16)21-10-17-11-22(29-13-20(17)26(27)30-21)31-23-12-18-7-9-33(2)24(35)14-34(18)32-23;1-14-17(11-28-19-4-3-6-27-24(14)19)20-8-15-9-21(29-12-18(15)25(26)30-20)31-22-10-16-5-7-33(2)23(35)13-34(16)32-22;1-14(2)32-8-7-17-11-23(31-33(17)13-24(32)34)30-22-10-16-9-21(29-25(27)19(16)12-28-22)18-5-4-6-20(26)15(18)3/h9-13,15,29H,4-8,14H2,1-3H3,(H2,28,32)(H,31,33,34);5-6,10-13,28H,3-4,7-9,14H2,1-2H3,(H2,27,30)(H,29,31,32);8-12,27H,3-7,13H2,1-2H3,(H2,26,30)(H,29,31,32);4-6,9-12,14H,7-8,13,26H2,1-3H3,(H2,27,29)(H,28,30,31). The molecule has 16 aromatic rings. The minimum atomic E-state index is 0.0555. The highest BCUT2D eigenvalue weighted by molar-refractivity contribution is 6.00. The van der Waals surface area contributed by atoms with E-state index in [2.05, 4.69) is 136 Å². The van der Waals surface area contributed by atoms with E-state index in [0.29, 0.717) is 102 Å². The largest absolute Gasteiger partial charge is 0.398 e. The second kappa shape index (κ2) is 38.3. The zero-order valence-electron chi connectivity index (χ0n) is 80.6. The molecule has 14 aromatic heterocycles. The van der Waals surface area contributed by atoms with Gasteiger partial charge in [-0.1, -0.05) is 24.3 Å². The van der Waals surface area contributed by atoms with E-state index in [1.165, 1.54) is 16.8 Å². The quantitative estimate of drug-likeness (QED) is 0.0450. The van der Waals surface area contributed by atoms with Gasteiger partial charge in [0.25, 0.3) is 0 Å². The number of nitrogens with one attached hydrogen (secondary N) is 7. The molecule has 0 unspecified atom stereocenters. The predicted molar refractivity (Wildman–Crippen MR) is 553 cm³/mol. The van der Waals surface area contributed by atoms with Crippen LogP contribution in [0.3, 0.4) is 0 Å². The van der Waals surface area contributed by atoms with Gasteiger partial charge >= 0.3 is 0 Å². The van der Waals surface area contributed by atoms with Crippen molar-refractivity contribution in [2.24, 2.45) is 0 Å². The predicted octanol–water partition coefficient (Wildman–Crippen LogP) is 13.6. The maximum absolute atomic E-state index is 12.6. The summed E-state index contributed by atoms with van der Waals surface area (Å²) in [6.45, 7) is 23.1. The van der Waals surface area contributed by atoms with E-state index >= 15 is 0 Å². The Balaban J connectivity index is 0.000000115. The number of likely N-dealkylation sites (N-methyl/N-ethyl adjacent to an activating group) is 2. The number of benzene rings is 2. The average molecular weight is 1890 g/mol. The fraction of sp³-hybridized carbons (Fsp3) is 0.320. The van der Waals surface area contributed by atoms with Crippen LogP contribution < -0.4 is 65.9 Å². The van der Waals surface area contributed by atoms with Gasteiger partial charge in [-0.05, 0) is 198 Å². The number of nitrogen functional groups attached to an aromatic ring is 5. The smallest absolute Gasteiger partial charge is 0.244 e. The molecular formula is C103H114N34O4. The van der Waals surface area contributed by atoms with Crippen LogP contribution >= 0.6 is 0 Å². The lowest BCUT2D eigenvalue weighted by molar-refractivity contribution is -0.134. The summed E-state index contributed by atoms with van der Waals surface area (Å²) in [6, 6.07) is 34.3. The van der Waals surface area contributed by atoms with E-state index < -0.39 is 0 Å². The lowest BCUT2D eigenvalue weighted by atomic mass is 9.94. The first-order chi connectivity index (χ1) is 68.1. The highest BCUT2D eigenvalue weighted by Crippen LogP contribution is 2.41. The normalized spacial score (nSPS) is 15.0. The number of nitrogens with zero attached hydrogens (tertiary/aromatic N) is 22. The Labute approximate surface area is 813 Å². The first-order valence-electron chi connectivity index (χ1n) is 47.9. The monoisotopic (exact) mass is 1890 g/mol. The van der Waals surface area contributed by atoms with Crippen molar-refractivity contribution in [1.29, 1.82) is 0 Å². The third kappa shape index (κ3) is 19.0. The second-order valence-corrected chi connectivity index (χ2v) is 37.6. The fourth-order valence-corrected chi connectivity index (χ4v) is 19.6. The summed E-state index contributed by atoms with van der Waals surface area (Å²) in [5.74, 6) is 7.25. The molecule has 2 aromatic carbocycles. The van der Waals surface area contributed by atoms with E-state index in [9.17, 15) is 19.2 Å². The topological polar surface area (TPSA) is 496 Å². The number of fused-ring (bicyclic) bond motifs is 11. The third-order valence-electron chi connectivity index (χ3n) is 27.5. The lowest BCUT2D eigenvalue weighted by Gasteiger charge is -2.24. The van der Waals surface area contributed by atoms with Crippen LogP contribution in [-0.4, -0.2) is 204 Å². The van der Waals surface area contributed by atoms with E-state index in [4.69, 9.17) is 38.6 Å². The molecule has 720 valence electrons. The zero-order valence-corrected chi connectivity index (χ0v) is 80.6. The fourth-order valence-electron chi connectivity index (χ4n) is 19.6. The number of aromatic nitrogens is 18. The van der Waals surface area contributed by atoms with E-state index in [-0.39, 0.29) is 61.9 Å². The number of carbonyl (C=O) groups is 4. The molecule has 0 radical (unpaired) electrons. The molecule has 0 bridgehead atoms. The van der Waals surface area contributed by atoms with Crippen molar-refractivity contribution >= 4 is 159 Å². The molecule has 21 heterocycles. The van der Waals surface area contributed by atoms with Crippen LogP contribution in [0.25, 0.3) is 88.1 Å². The lowest BCUT2D eigenvalue weighted by Crippen LogP contribution is -2.38. The van der Waals surface area contributed by atoms with Crippen molar-refractivity contribution in [3.63, 3.8) is 0 Å². The molecule has 7 aliphatic rings. The maximum Gasteiger partial charge on any atom is 0.244 e. The number of rotatable bonds is 14. The zero-order chi connectivity index (χ0) is 97.9. The molecule has 141 heavy (non-hydrogen) atoms. The average Bonchev–Trinajstić information content (AvgIpc) is 1.48. The van der Waals surface area contributed by atoms with Crippen LogP contribution in [-0.2, 0) is 90.3 Å². The van der Waals surface area contributed by atoms with Gasteiger partial charge in [0.15, 0.2) is 23.3 Å². The molecule has 0 aliphatic carbocycles. The van der Waals surface area contributed by atoms with Crippen molar-refractivity contribution in [2.75, 3.05) is 126 Å². The van der Waals surface area contributed by atoms with Crippen LogP contribution in [0, 0.1) is 27.7 Å². The van der Waals surface area contributed by atoms with Gasteiger partial charge in [0, 0.05) is 237 Å². The molecule has 17 N–H and O–H groups in total. The Morgan fingerprint density at radius 3 is 1.03 bits per heavy atom. The summed E-state index contributed by atoms with van der Waals surface area (Å²) in [5.41, 5.74) is 54.7. The molecule has 38 nitrogen and oxygen atoms in total. The number of hydrogen-bond acceptors (Lipinski definition) is 30. The summed E-state index contributed by atoms with van der Waals surface area (Å²) >= 11 is 0. The Morgan fingerprint density at radius 2 is 0.660 bits per heavy atom. The molecule has 23 rings (SSSR count). The van der Waals surface area contributed by atoms with Gasteiger partial charge in [0.2, 0.25) is 23.6 Å². The van der Waals surface area contributed by atoms with Crippen LogP contribution in [0.4, 0.5) is 92.6 Å². The molecular weight excluding hydrogens is 1780 g/mol. The summed E-state index contributed by atoms with van der Waals surface area (Å²) in [5, 5.41) is 48.9. The molecule has 0 spiro atoms. The SMILES string of the molecule is Cc1c(-c2cc3cc(Nc4cc5n(n4)CC(=O)N(C(C)C)CC5)ncc3c(N)n2)cnc2c1NCCC2.Cc1c(-c2cc3cc(Nc4cc5n(n4)CC(=O)N(C)CC5)ncc3c(N)n2)ccc2c1NCCC2.Cc1c(-c2cc3cc(Nc4cc5n(n4)CC(=O)N(C)CC5)ncc3c(N)n2)cnc2c1NCCC2.Cc1c(N)cccc1-c1cc2cc(Nc3cc4n(n3)CC(=O)N(C(C)C)CC4)ncc2c(N)n1. The Kier molecular flexibility index (Phi) is 25.0. The summed E-state index contributed by atoms with van der Waals surface area (Å²) < 4.78 is 7.09. The first-order valence-corrected chi connectivity index (χ1v) is 47.9. The number of hydrogen-bond donors (Lipinski definition) is 12. The number of pyridine rings is 10. The van der Waals surface area contributed by atoms with Crippen LogP contribution in [0.5, 0.6) is 0 Å². The molecule has 0 fully saturated rings. The third-order valence-corrected chi connectivity index (χ3v) is 27.5. The van der Waals surface area contributed by atoms with Gasteiger partial charge in [-0.2, -0.15) is 20.4 Å². The number of amides is 4. The van der Waals surface area contributed by atoms with Crippen LogP contribution in [0.1, 0.15) is 109 Å². The number of aryl methyl sites for hydroxylation is 3. The molecule has 0 saturated heterocycles. The molecule has 4 amide bonds. The Bertz CT molecular complexity index is 7440. The van der Waals surface area contributed by atoms with Crippen molar-refractivity contribution in [3.05, 3.63) is 202 Å².